The Bertz CT molecular complexity index is 978. The standard InChI is InChI=1S/C21H25F2N3O3S/c1-16(7-8-17-5-3-2-4-6-17)24-21(27)25-11-13-26(14-12-25)30(28,29)20-15-18(22)9-10-19(20)23/h2-6,9-10,15-16H,7-8,11-14H2,1H3,(H,24,27). The molecule has 3 rings (SSSR count). The molecule has 1 saturated heterocycles. The van der Waals surface area contributed by atoms with Gasteiger partial charge >= 0.3 is 6.03 Å². The molecule has 1 aliphatic rings. The number of piperazine rings is 1. The molecule has 162 valence electrons. The Morgan fingerprint density at radius 2 is 1.73 bits per heavy atom. The average Bonchev–Trinajstić information content (AvgIpc) is 2.74. The van der Waals surface area contributed by atoms with Gasteiger partial charge in [-0.25, -0.2) is 22.0 Å². The molecule has 1 fully saturated rings. The number of halogens is 2. The molecular weight excluding hydrogens is 412 g/mol. The van der Waals surface area contributed by atoms with E-state index >= 15 is 0 Å². The maximum absolute atomic E-state index is 13.9. The minimum Gasteiger partial charge on any atom is -0.336 e. The minimum absolute atomic E-state index is 0.0180. The van der Waals surface area contributed by atoms with Crippen molar-refractivity contribution in [2.24, 2.45) is 0 Å². The minimum atomic E-state index is -4.17. The lowest BCUT2D eigenvalue weighted by Crippen LogP contribution is -2.54. The van der Waals surface area contributed by atoms with E-state index in [0.717, 1.165) is 29.3 Å². The predicted molar refractivity (Wildman–Crippen MR) is 109 cm³/mol. The Morgan fingerprint density at radius 3 is 2.40 bits per heavy atom. The molecule has 1 atom stereocenters. The van der Waals surface area contributed by atoms with E-state index in [1.165, 1.54) is 10.5 Å². The lowest BCUT2D eigenvalue weighted by atomic mass is 10.1. The van der Waals surface area contributed by atoms with Gasteiger partial charge in [0.25, 0.3) is 0 Å². The number of benzene rings is 2. The van der Waals surface area contributed by atoms with Gasteiger partial charge in [-0.3, -0.25) is 0 Å². The van der Waals surface area contributed by atoms with Gasteiger partial charge in [0.05, 0.1) is 0 Å². The zero-order valence-electron chi connectivity index (χ0n) is 16.7. The van der Waals surface area contributed by atoms with Crippen LogP contribution in [0.1, 0.15) is 18.9 Å². The number of hydrogen-bond donors (Lipinski definition) is 1. The monoisotopic (exact) mass is 437 g/mol. The van der Waals surface area contributed by atoms with Crippen molar-refractivity contribution < 1.29 is 22.0 Å². The third kappa shape index (κ3) is 5.34. The Balaban J connectivity index is 1.52. The van der Waals surface area contributed by atoms with Gasteiger partial charge in [0.2, 0.25) is 10.0 Å². The summed E-state index contributed by atoms with van der Waals surface area (Å²) in [5.41, 5.74) is 1.20. The number of nitrogens with one attached hydrogen (secondary N) is 1. The summed E-state index contributed by atoms with van der Waals surface area (Å²) in [5, 5.41) is 2.93. The highest BCUT2D eigenvalue weighted by atomic mass is 32.2. The van der Waals surface area contributed by atoms with E-state index in [1.54, 1.807) is 0 Å². The van der Waals surface area contributed by atoms with Crippen molar-refractivity contribution in [1.82, 2.24) is 14.5 Å². The second kappa shape index (κ2) is 9.53. The number of carbonyl (C=O) groups is 1. The molecule has 2 aromatic rings. The van der Waals surface area contributed by atoms with Crippen molar-refractivity contribution in [3.05, 3.63) is 65.7 Å². The lowest BCUT2D eigenvalue weighted by Gasteiger charge is -2.34. The molecule has 30 heavy (non-hydrogen) atoms. The van der Waals surface area contributed by atoms with E-state index in [4.69, 9.17) is 0 Å². The second-order valence-corrected chi connectivity index (χ2v) is 9.25. The predicted octanol–water partition coefficient (Wildman–Crippen LogP) is 3.00. The van der Waals surface area contributed by atoms with Gasteiger partial charge in [-0.1, -0.05) is 30.3 Å². The molecule has 0 aromatic heterocycles. The summed E-state index contributed by atoms with van der Waals surface area (Å²) in [6, 6.07) is 12.0. The largest absolute Gasteiger partial charge is 0.336 e. The zero-order chi connectivity index (χ0) is 21.7. The third-order valence-electron chi connectivity index (χ3n) is 5.12. The van der Waals surface area contributed by atoms with Crippen LogP contribution in [0.5, 0.6) is 0 Å². The fourth-order valence-corrected chi connectivity index (χ4v) is 4.85. The Morgan fingerprint density at radius 1 is 1.07 bits per heavy atom. The Hall–Kier alpha value is -2.52. The van der Waals surface area contributed by atoms with Crippen molar-refractivity contribution in [2.75, 3.05) is 26.2 Å². The number of nitrogens with zero attached hydrogens (tertiary/aromatic N) is 2. The van der Waals surface area contributed by atoms with Crippen LogP contribution in [0.4, 0.5) is 13.6 Å². The van der Waals surface area contributed by atoms with E-state index in [-0.39, 0.29) is 38.3 Å². The first-order valence-corrected chi connectivity index (χ1v) is 11.3. The molecule has 2 aromatic carbocycles. The summed E-state index contributed by atoms with van der Waals surface area (Å²) in [5.74, 6) is -1.82. The molecule has 0 bridgehead atoms. The molecule has 6 nitrogen and oxygen atoms in total. The first-order chi connectivity index (χ1) is 14.3. The van der Waals surface area contributed by atoms with Gasteiger partial charge in [-0.15, -0.1) is 0 Å². The van der Waals surface area contributed by atoms with Gasteiger partial charge in [-0.05, 0) is 43.5 Å². The third-order valence-corrected chi connectivity index (χ3v) is 7.03. The quantitative estimate of drug-likeness (QED) is 0.755. The summed E-state index contributed by atoms with van der Waals surface area (Å²) >= 11 is 0. The molecule has 1 unspecified atom stereocenters. The fraction of sp³-hybridized carbons (Fsp3) is 0.381. The van der Waals surface area contributed by atoms with Crippen LogP contribution in [-0.4, -0.2) is 55.9 Å². The first kappa shape index (κ1) is 22.2. The van der Waals surface area contributed by atoms with Crippen molar-refractivity contribution in [1.29, 1.82) is 0 Å². The van der Waals surface area contributed by atoms with Crippen molar-refractivity contribution in [3.8, 4) is 0 Å². The zero-order valence-corrected chi connectivity index (χ0v) is 17.5. The normalized spacial score (nSPS) is 16.3. The van der Waals surface area contributed by atoms with E-state index < -0.39 is 26.6 Å². The Kier molecular flexibility index (Phi) is 7.04. The molecule has 1 heterocycles. The second-order valence-electron chi connectivity index (χ2n) is 7.34. The fourth-order valence-electron chi connectivity index (χ4n) is 3.35. The van der Waals surface area contributed by atoms with Crippen LogP contribution in [0.15, 0.2) is 53.4 Å². The topological polar surface area (TPSA) is 69.7 Å². The molecule has 9 heteroatoms. The van der Waals surface area contributed by atoms with Crippen LogP contribution in [0.3, 0.4) is 0 Å². The van der Waals surface area contributed by atoms with Gasteiger partial charge in [0.15, 0.2) is 0 Å². The highest BCUT2D eigenvalue weighted by molar-refractivity contribution is 7.89. The summed E-state index contributed by atoms with van der Waals surface area (Å²) in [4.78, 5) is 13.3. The summed E-state index contributed by atoms with van der Waals surface area (Å²) in [7, 11) is -4.17. The molecule has 0 spiro atoms. The van der Waals surface area contributed by atoms with Gasteiger partial charge in [-0.2, -0.15) is 4.31 Å². The van der Waals surface area contributed by atoms with Crippen molar-refractivity contribution in [3.63, 3.8) is 0 Å². The Labute approximate surface area is 175 Å². The van der Waals surface area contributed by atoms with Crippen molar-refractivity contribution >= 4 is 16.1 Å². The number of hydrogen-bond acceptors (Lipinski definition) is 3. The number of urea groups is 1. The summed E-state index contributed by atoms with van der Waals surface area (Å²) in [6.45, 7) is 2.31. The smallest absolute Gasteiger partial charge is 0.317 e. The van der Waals surface area contributed by atoms with Crippen LogP contribution in [0.25, 0.3) is 0 Å². The number of sulfonamides is 1. The molecule has 0 radical (unpaired) electrons. The molecule has 0 aliphatic carbocycles. The average molecular weight is 438 g/mol. The number of amides is 2. The number of aryl methyl sites for hydroxylation is 1. The lowest BCUT2D eigenvalue weighted by molar-refractivity contribution is 0.169. The summed E-state index contributed by atoms with van der Waals surface area (Å²) < 4.78 is 53.7. The van der Waals surface area contributed by atoms with Crippen LogP contribution in [0.2, 0.25) is 0 Å². The number of rotatable bonds is 6. The summed E-state index contributed by atoms with van der Waals surface area (Å²) in [6.07, 6.45) is 1.62. The van der Waals surface area contributed by atoms with Gasteiger partial charge in [0, 0.05) is 32.2 Å². The van der Waals surface area contributed by atoms with Crippen LogP contribution < -0.4 is 5.32 Å². The SMILES string of the molecule is CC(CCc1ccccc1)NC(=O)N1CCN(S(=O)(=O)c2cc(F)ccc2F)CC1. The molecule has 0 saturated carbocycles. The van der Waals surface area contributed by atoms with E-state index in [0.29, 0.717) is 6.07 Å². The van der Waals surface area contributed by atoms with Gasteiger partial charge < -0.3 is 10.2 Å². The molecule has 1 N–H and O–H groups in total. The maximum atomic E-state index is 13.9. The van der Waals surface area contributed by atoms with Crippen LogP contribution in [0, 0.1) is 11.6 Å². The highest BCUT2D eigenvalue weighted by Gasteiger charge is 2.32. The van der Waals surface area contributed by atoms with E-state index in [9.17, 15) is 22.0 Å². The van der Waals surface area contributed by atoms with E-state index in [2.05, 4.69) is 5.32 Å². The molecule has 1 aliphatic heterocycles. The van der Waals surface area contributed by atoms with E-state index in [1.807, 2.05) is 37.3 Å². The van der Waals surface area contributed by atoms with Gasteiger partial charge in [0.1, 0.15) is 16.5 Å². The van der Waals surface area contributed by atoms with Crippen LogP contribution >= 0.6 is 0 Å². The molecular formula is C21H25F2N3O3S. The van der Waals surface area contributed by atoms with Crippen LogP contribution in [-0.2, 0) is 16.4 Å². The first-order valence-electron chi connectivity index (χ1n) is 9.82. The number of carbonyl (C=O) groups excluding carboxylic acids is 1. The highest BCUT2D eigenvalue weighted by Crippen LogP contribution is 2.21. The molecule has 2 amide bonds. The maximum Gasteiger partial charge on any atom is 0.317 e. The van der Waals surface area contributed by atoms with Crippen molar-refractivity contribution in [2.45, 2.75) is 30.7 Å².